The highest BCUT2D eigenvalue weighted by Crippen LogP contribution is 2.34. The van der Waals surface area contributed by atoms with Crippen molar-refractivity contribution >= 4 is 46.5 Å². The predicted molar refractivity (Wildman–Crippen MR) is 118 cm³/mol. The molecule has 1 N–H and O–H groups in total. The standard InChI is InChI=1S/C13H12ClF3N2O3.C7H4ClNO4/c14-11-6-9(19(21)22)3-4-10(11)12(20)18-5-1-2-8(7-18)13(15,16)17;8-6-3-4(9(12)13)1-2-5(6)7(10)11/h3-4,6,8H,1-2,5,7H2;1-3H,(H,10,11). The van der Waals surface area contributed by atoms with Gasteiger partial charge in [0.05, 0.1) is 36.9 Å². The Morgan fingerprint density at radius 3 is 1.86 bits per heavy atom. The summed E-state index contributed by atoms with van der Waals surface area (Å²) in [5.41, 5.74) is -0.689. The van der Waals surface area contributed by atoms with Gasteiger partial charge in [-0.15, -0.1) is 0 Å². The van der Waals surface area contributed by atoms with Crippen LogP contribution >= 0.6 is 23.2 Å². The summed E-state index contributed by atoms with van der Waals surface area (Å²) in [5, 5.41) is 29.1. The number of rotatable bonds is 4. The van der Waals surface area contributed by atoms with E-state index in [4.69, 9.17) is 28.3 Å². The molecule has 0 saturated carbocycles. The smallest absolute Gasteiger partial charge is 0.393 e. The van der Waals surface area contributed by atoms with Crippen molar-refractivity contribution in [3.63, 3.8) is 0 Å². The lowest BCUT2D eigenvalue weighted by Gasteiger charge is -2.33. The van der Waals surface area contributed by atoms with E-state index >= 15 is 0 Å². The average Bonchev–Trinajstić information content (AvgIpc) is 2.78. The fourth-order valence-corrected chi connectivity index (χ4v) is 3.69. The van der Waals surface area contributed by atoms with Crippen molar-refractivity contribution in [2.75, 3.05) is 13.1 Å². The second kappa shape index (κ2) is 11.3. The number of nitrogens with zero attached hydrogens (tertiary/aromatic N) is 3. The molecule has 1 heterocycles. The molecule has 0 radical (unpaired) electrons. The molecule has 1 unspecified atom stereocenters. The summed E-state index contributed by atoms with van der Waals surface area (Å²) >= 11 is 11.3. The summed E-state index contributed by atoms with van der Waals surface area (Å²) in [7, 11) is 0. The lowest BCUT2D eigenvalue weighted by atomic mass is 9.97. The maximum Gasteiger partial charge on any atom is 0.393 e. The number of hydrogen-bond acceptors (Lipinski definition) is 6. The van der Waals surface area contributed by atoms with E-state index in [0.29, 0.717) is 0 Å². The SMILES string of the molecule is O=C(O)c1ccc([N+](=O)[O-])cc1Cl.O=C(c1ccc([N+](=O)[O-])cc1Cl)N1CCCC(C(F)(F)F)C1. The van der Waals surface area contributed by atoms with E-state index in [1.807, 2.05) is 0 Å². The molecule has 1 atom stereocenters. The molecule has 0 spiro atoms. The van der Waals surface area contributed by atoms with E-state index in [2.05, 4.69) is 0 Å². The molecule has 0 bridgehead atoms. The first-order valence-corrected chi connectivity index (χ1v) is 10.4. The molecule has 1 saturated heterocycles. The van der Waals surface area contributed by atoms with Crippen molar-refractivity contribution in [3.8, 4) is 0 Å². The first-order valence-electron chi connectivity index (χ1n) is 9.69. The third kappa shape index (κ3) is 7.26. The number of piperidine rings is 1. The molecule has 188 valence electrons. The third-order valence-corrected chi connectivity index (χ3v) is 5.58. The fourth-order valence-electron chi connectivity index (χ4n) is 3.18. The Hall–Kier alpha value is -3.45. The Morgan fingerprint density at radius 2 is 1.46 bits per heavy atom. The third-order valence-electron chi connectivity index (χ3n) is 4.96. The largest absolute Gasteiger partial charge is 0.478 e. The van der Waals surface area contributed by atoms with E-state index in [1.54, 1.807) is 0 Å². The van der Waals surface area contributed by atoms with Gasteiger partial charge >= 0.3 is 12.1 Å². The number of carbonyl (C=O) groups excluding carboxylic acids is 1. The number of amides is 1. The number of carbonyl (C=O) groups is 2. The number of alkyl halides is 3. The Balaban J connectivity index is 0.000000283. The van der Waals surface area contributed by atoms with Crippen molar-refractivity contribution in [2.24, 2.45) is 5.92 Å². The molecule has 1 fully saturated rings. The Labute approximate surface area is 205 Å². The van der Waals surface area contributed by atoms with Crippen molar-refractivity contribution in [1.29, 1.82) is 0 Å². The zero-order chi connectivity index (χ0) is 26.5. The molecule has 10 nitrogen and oxygen atoms in total. The molecule has 2 aromatic rings. The van der Waals surface area contributed by atoms with Gasteiger partial charge in [0.25, 0.3) is 17.3 Å². The van der Waals surface area contributed by atoms with Crippen LogP contribution in [-0.2, 0) is 0 Å². The molecule has 1 aliphatic rings. The number of carboxylic acid groups (broad SMARTS) is 1. The highest BCUT2D eigenvalue weighted by molar-refractivity contribution is 6.34. The topological polar surface area (TPSA) is 144 Å². The number of nitro benzene ring substituents is 2. The Morgan fingerprint density at radius 1 is 0.971 bits per heavy atom. The normalized spacial score (nSPS) is 15.6. The van der Waals surface area contributed by atoms with Crippen molar-refractivity contribution in [2.45, 2.75) is 19.0 Å². The maximum absolute atomic E-state index is 12.8. The van der Waals surface area contributed by atoms with Crippen LogP contribution in [0.15, 0.2) is 36.4 Å². The van der Waals surface area contributed by atoms with Gasteiger partial charge in [-0.3, -0.25) is 25.0 Å². The van der Waals surface area contributed by atoms with Crippen LogP contribution in [0.3, 0.4) is 0 Å². The highest BCUT2D eigenvalue weighted by atomic mass is 35.5. The van der Waals surface area contributed by atoms with Crippen LogP contribution in [0.5, 0.6) is 0 Å². The summed E-state index contributed by atoms with van der Waals surface area (Å²) in [6.45, 7) is -0.214. The van der Waals surface area contributed by atoms with Crippen LogP contribution in [0.2, 0.25) is 10.0 Å². The van der Waals surface area contributed by atoms with Crippen LogP contribution in [-0.4, -0.2) is 51.0 Å². The van der Waals surface area contributed by atoms with Gasteiger partial charge in [-0.2, -0.15) is 13.2 Å². The number of non-ortho nitro benzene ring substituents is 2. The summed E-state index contributed by atoms with van der Waals surface area (Å²) < 4.78 is 38.3. The van der Waals surface area contributed by atoms with Gasteiger partial charge in [0, 0.05) is 37.4 Å². The minimum atomic E-state index is -4.35. The monoisotopic (exact) mass is 537 g/mol. The van der Waals surface area contributed by atoms with Crippen LogP contribution in [0.4, 0.5) is 24.5 Å². The first kappa shape index (κ1) is 27.8. The molecule has 0 aromatic heterocycles. The van der Waals surface area contributed by atoms with Gasteiger partial charge in [-0.1, -0.05) is 23.2 Å². The minimum absolute atomic E-state index is 0.0126. The molecule has 0 aliphatic carbocycles. The zero-order valence-corrected chi connectivity index (χ0v) is 19.0. The van der Waals surface area contributed by atoms with Crippen molar-refractivity contribution < 1.29 is 37.7 Å². The number of halogens is 5. The highest BCUT2D eigenvalue weighted by Gasteiger charge is 2.43. The maximum atomic E-state index is 12.8. The Bertz CT molecular complexity index is 1160. The number of likely N-dealkylation sites (tertiary alicyclic amines) is 1. The molecular formula is C20H16Cl2F3N3O7. The zero-order valence-electron chi connectivity index (χ0n) is 17.5. The minimum Gasteiger partial charge on any atom is -0.478 e. The molecule has 3 rings (SSSR count). The molecule has 1 amide bonds. The van der Waals surface area contributed by atoms with Gasteiger partial charge < -0.3 is 10.0 Å². The second-order valence-corrected chi connectivity index (χ2v) is 8.09. The van der Waals surface area contributed by atoms with Crippen LogP contribution < -0.4 is 0 Å². The number of carboxylic acids is 1. The number of benzene rings is 2. The molecule has 35 heavy (non-hydrogen) atoms. The van der Waals surface area contributed by atoms with E-state index in [-0.39, 0.29) is 51.9 Å². The van der Waals surface area contributed by atoms with Crippen molar-refractivity contribution in [1.82, 2.24) is 4.90 Å². The van der Waals surface area contributed by atoms with E-state index < -0.39 is 40.4 Å². The number of aromatic carboxylic acids is 1. The lowest BCUT2D eigenvalue weighted by Crippen LogP contribution is -2.44. The molecule has 15 heteroatoms. The van der Waals surface area contributed by atoms with E-state index in [0.717, 1.165) is 35.2 Å². The van der Waals surface area contributed by atoms with E-state index in [9.17, 15) is 43.0 Å². The van der Waals surface area contributed by atoms with E-state index in [1.165, 1.54) is 6.07 Å². The fraction of sp³-hybridized carbons (Fsp3) is 0.300. The first-order chi connectivity index (χ1) is 16.2. The average molecular weight is 538 g/mol. The second-order valence-electron chi connectivity index (χ2n) is 7.28. The van der Waals surface area contributed by atoms with Gasteiger partial charge in [-0.25, -0.2) is 4.79 Å². The lowest BCUT2D eigenvalue weighted by molar-refractivity contribution is -0.385. The van der Waals surface area contributed by atoms with Crippen molar-refractivity contribution in [3.05, 3.63) is 77.8 Å². The predicted octanol–water partition coefficient (Wildman–Crippen LogP) is 5.61. The van der Waals surface area contributed by atoms with Crippen LogP contribution in [0.25, 0.3) is 0 Å². The molecule has 2 aromatic carbocycles. The summed E-state index contributed by atoms with van der Waals surface area (Å²) in [5.74, 6) is -3.41. The van der Waals surface area contributed by atoms with Gasteiger partial charge in [0.15, 0.2) is 0 Å². The van der Waals surface area contributed by atoms with Crippen LogP contribution in [0.1, 0.15) is 33.6 Å². The van der Waals surface area contributed by atoms with Gasteiger partial charge in [0.2, 0.25) is 0 Å². The number of nitro groups is 2. The quantitative estimate of drug-likeness (QED) is 0.394. The summed E-state index contributed by atoms with van der Waals surface area (Å²) in [4.78, 5) is 43.4. The van der Waals surface area contributed by atoms with Gasteiger partial charge in [0.1, 0.15) is 0 Å². The van der Waals surface area contributed by atoms with Crippen LogP contribution in [0, 0.1) is 26.1 Å². The Kier molecular flexibility index (Phi) is 8.99. The molecule has 1 aliphatic heterocycles. The van der Waals surface area contributed by atoms with Gasteiger partial charge in [-0.05, 0) is 25.0 Å². The summed E-state index contributed by atoms with van der Waals surface area (Å²) in [6, 6.07) is 6.48. The molecular weight excluding hydrogens is 522 g/mol. The number of hydrogen-bond donors (Lipinski definition) is 1. The summed E-state index contributed by atoms with van der Waals surface area (Å²) in [6.07, 6.45) is -4.11.